The summed E-state index contributed by atoms with van der Waals surface area (Å²) in [5.41, 5.74) is -0.0556. The number of ether oxygens (including phenoxy) is 3. The minimum absolute atomic E-state index is 0.0258. The maximum Gasteiger partial charge on any atom is 0.229 e. The zero-order valence-electron chi connectivity index (χ0n) is 17.3. The van der Waals surface area contributed by atoms with Crippen molar-refractivity contribution >= 4 is 11.0 Å². The Morgan fingerprint density at radius 2 is 1.73 bits per heavy atom. The Bertz CT molecular complexity index is 1200. The maximum atomic E-state index is 13.0. The average Bonchev–Trinajstić information content (AvgIpc) is 2.80. The van der Waals surface area contributed by atoms with E-state index in [1.165, 1.54) is 37.6 Å². The second-order valence-electron chi connectivity index (χ2n) is 7.47. The molecule has 2 aromatic carbocycles. The highest BCUT2D eigenvalue weighted by Crippen LogP contribution is 2.41. The van der Waals surface area contributed by atoms with Crippen LogP contribution < -0.4 is 14.9 Å². The van der Waals surface area contributed by atoms with E-state index in [4.69, 9.17) is 18.6 Å². The molecule has 11 nitrogen and oxygen atoms in total. The lowest BCUT2D eigenvalue weighted by atomic mass is 9.99. The van der Waals surface area contributed by atoms with Crippen LogP contribution in [0.1, 0.15) is 0 Å². The third kappa shape index (κ3) is 3.96. The standard InChI is InChI=1S/C22H22O11/c1-30-21-12(24)6-13-15(18(21)27)16(25)11(8-31-13)9-2-4-10(5-3-9)32-22-20(29)19(28)17(26)14(7-23)33-22/h2-6,8,14,17,19-20,22-24,26-29H,7H2,1H3. The van der Waals surface area contributed by atoms with Gasteiger partial charge in [-0.1, -0.05) is 12.1 Å². The molecule has 2 heterocycles. The number of aliphatic hydroxyl groups excluding tert-OH is 4. The SMILES string of the molecule is COc1c(O)cc2occ(-c3ccc(OC4OC(CO)C(O)C(O)C4O)cc3)c(=O)c2c1O. The van der Waals surface area contributed by atoms with Crippen LogP contribution in [0.5, 0.6) is 23.0 Å². The first-order valence-electron chi connectivity index (χ1n) is 9.88. The van der Waals surface area contributed by atoms with Gasteiger partial charge < -0.3 is 49.3 Å². The van der Waals surface area contributed by atoms with E-state index in [-0.39, 0.29) is 33.8 Å². The molecule has 0 radical (unpaired) electrons. The van der Waals surface area contributed by atoms with Crippen molar-refractivity contribution in [3.63, 3.8) is 0 Å². The second-order valence-corrected chi connectivity index (χ2v) is 7.47. The average molecular weight is 462 g/mol. The molecule has 6 N–H and O–H groups in total. The number of hydrogen-bond donors (Lipinski definition) is 6. The summed E-state index contributed by atoms with van der Waals surface area (Å²) in [5, 5.41) is 59.2. The van der Waals surface area contributed by atoms with E-state index in [1.54, 1.807) is 0 Å². The molecule has 0 amide bonds. The summed E-state index contributed by atoms with van der Waals surface area (Å²) in [6.45, 7) is -0.586. The molecular formula is C22H22O11. The molecule has 0 saturated carbocycles. The van der Waals surface area contributed by atoms with Crippen LogP contribution in [0.15, 0.2) is 45.8 Å². The van der Waals surface area contributed by atoms with Gasteiger partial charge in [0, 0.05) is 6.07 Å². The third-order valence-corrected chi connectivity index (χ3v) is 5.44. The Kier molecular flexibility index (Phi) is 6.15. The molecule has 33 heavy (non-hydrogen) atoms. The number of aliphatic hydroxyl groups is 4. The number of rotatable bonds is 5. The summed E-state index contributed by atoms with van der Waals surface area (Å²) in [6.07, 6.45) is -5.93. The van der Waals surface area contributed by atoms with Gasteiger partial charge in [0.15, 0.2) is 11.5 Å². The van der Waals surface area contributed by atoms with Gasteiger partial charge in [0.25, 0.3) is 0 Å². The van der Waals surface area contributed by atoms with Crippen molar-refractivity contribution in [3.8, 4) is 34.1 Å². The molecule has 1 aromatic heterocycles. The van der Waals surface area contributed by atoms with Crippen molar-refractivity contribution < 1.29 is 49.3 Å². The topological polar surface area (TPSA) is 179 Å². The molecule has 1 aliphatic rings. The van der Waals surface area contributed by atoms with Crippen molar-refractivity contribution in [3.05, 3.63) is 46.8 Å². The smallest absolute Gasteiger partial charge is 0.229 e. The third-order valence-electron chi connectivity index (χ3n) is 5.44. The van der Waals surface area contributed by atoms with Crippen LogP contribution in [-0.4, -0.2) is 75.1 Å². The van der Waals surface area contributed by atoms with E-state index in [1.807, 2.05) is 0 Å². The van der Waals surface area contributed by atoms with Gasteiger partial charge >= 0.3 is 0 Å². The number of aromatic hydroxyl groups is 2. The van der Waals surface area contributed by atoms with Gasteiger partial charge in [-0.2, -0.15) is 0 Å². The van der Waals surface area contributed by atoms with Gasteiger partial charge in [0.05, 0.1) is 19.3 Å². The van der Waals surface area contributed by atoms with Crippen LogP contribution in [0.25, 0.3) is 22.1 Å². The summed E-state index contributed by atoms with van der Waals surface area (Å²) in [7, 11) is 1.24. The van der Waals surface area contributed by atoms with E-state index in [0.717, 1.165) is 6.07 Å². The number of fused-ring (bicyclic) bond motifs is 1. The van der Waals surface area contributed by atoms with Gasteiger partial charge in [-0.25, -0.2) is 0 Å². The van der Waals surface area contributed by atoms with Crippen LogP contribution in [0, 0.1) is 0 Å². The van der Waals surface area contributed by atoms with Crippen molar-refractivity contribution in [2.75, 3.05) is 13.7 Å². The monoisotopic (exact) mass is 462 g/mol. The van der Waals surface area contributed by atoms with Crippen molar-refractivity contribution in [1.82, 2.24) is 0 Å². The van der Waals surface area contributed by atoms with Gasteiger partial charge in [-0.15, -0.1) is 0 Å². The number of methoxy groups -OCH3 is 1. The quantitative estimate of drug-likeness (QED) is 0.302. The number of benzene rings is 2. The van der Waals surface area contributed by atoms with Crippen LogP contribution >= 0.6 is 0 Å². The summed E-state index contributed by atoms with van der Waals surface area (Å²) in [4.78, 5) is 13.0. The fraction of sp³-hybridized carbons (Fsp3) is 0.318. The van der Waals surface area contributed by atoms with Crippen LogP contribution in [0.4, 0.5) is 0 Å². The Morgan fingerprint density at radius 3 is 2.36 bits per heavy atom. The lowest BCUT2D eigenvalue weighted by Gasteiger charge is -2.39. The predicted octanol–water partition coefficient (Wildman–Crippen LogP) is 0.0585. The predicted molar refractivity (Wildman–Crippen MR) is 112 cm³/mol. The first kappa shape index (κ1) is 22.8. The van der Waals surface area contributed by atoms with Crippen LogP contribution in [-0.2, 0) is 4.74 Å². The molecule has 5 unspecified atom stereocenters. The lowest BCUT2D eigenvalue weighted by Crippen LogP contribution is -2.60. The molecule has 1 saturated heterocycles. The molecule has 0 bridgehead atoms. The molecule has 1 fully saturated rings. The van der Waals surface area contributed by atoms with Gasteiger partial charge in [0.1, 0.15) is 47.4 Å². The Morgan fingerprint density at radius 1 is 1.03 bits per heavy atom. The highest BCUT2D eigenvalue weighted by molar-refractivity contribution is 5.91. The van der Waals surface area contributed by atoms with Crippen molar-refractivity contribution in [2.45, 2.75) is 30.7 Å². The van der Waals surface area contributed by atoms with Crippen molar-refractivity contribution in [1.29, 1.82) is 0 Å². The van der Waals surface area contributed by atoms with Gasteiger partial charge in [-0.3, -0.25) is 4.79 Å². The van der Waals surface area contributed by atoms with Crippen molar-refractivity contribution in [2.24, 2.45) is 0 Å². The number of hydrogen-bond acceptors (Lipinski definition) is 11. The summed E-state index contributed by atoms with van der Waals surface area (Å²) in [6, 6.07) is 7.14. The molecule has 4 rings (SSSR count). The Labute approximate surface area is 186 Å². The highest BCUT2D eigenvalue weighted by atomic mass is 16.7. The molecule has 3 aromatic rings. The first-order valence-corrected chi connectivity index (χ1v) is 9.88. The molecule has 1 aliphatic heterocycles. The lowest BCUT2D eigenvalue weighted by molar-refractivity contribution is -0.277. The molecule has 0 spiro atoms. The summed E-state index contributed by atoms with van der Waals surface area (Å²) >= 11 is 0. The van der Waals surface area contributed by atoms with Gasteiger partial charge in [0.2, 0.25) is 17.5 Å². The fourth-order valence-corrected chi connectivity index (χ4v) is 3.65. The molecule has 11 heteroatoms. The molecule has 0 aliphatic carbocycles. The largest absolute Gasteiger partial charge is 0.504 e. The normalized spacial score (nSPS) is 25.2. The number of phenols is 2. The summed E-state index contributed by atoms with van der Waals surface area (Å²) < 4.78 is 21.2. The second kappa shape index (κ2) is 8.89. The van der Waals surface area contributed by atoms with E-state index in [9.17, 15) is 35.4 Å². The minimum Gasteiger partial charge on any atom is -0.504 e. The zero-order chi connectivity index (χ0) is 23.9. The fourth-order valence-electron chi connectivity index (χ4n) is 3.65. The summed E-state index contributed by atoms with van der Waals surface area (Å²) in [5.74, 6) is -0.975. The molecule has 176 valence electrons. The van der Waals surface area contributed by atoms with E-state index < -0.39 is 48.5 Å². The molecular weight excluding hydrogens is 440 g/mol. The molecule has 5 atom stereocenters. The Balaban J connectivity index is 1.62. The maximum absolute atomic E-state index is 13.0. The Hall–Kier alpha value is -3.35. The van der Waals surface area contributed by atoms with Crippen LogP contribution in [0.2, 0.25) is 0 Å². The zero-order valence-corrected chi connectivity index (χ0v) is 17.3. The minimum atomic E-state index is -1.58. The number of phenolic OH excluding ortho intramolecular Hbond substituents is 2. The van der Waals surface area contributed by atoms with E-state index >= 15 is 0 Å². The van der Waals surface area contributed by atoms with E-state index in [2.05, 4.69) is 0 Å². The highest BCUT2D eigenvalue weighted by Gasteiger charge is 2.44. The van der Waals surface area contributed by atoms with Gasteiger partial charge in [-0.05, 0) is 17.7 Å². The van der Waals surface area contributed by atoms with Crippen LogP contribution in [0.3, 0.4) is 0 Å². The first-order chi connectivity index (χ1) is 15.8. The van der Waals surface area contributed by atoms with E-state index in [0.29, 0.717) is 5.56 Å².